The summed E-state index contributed by atoms with van der Waals surface area (Å²) in [6.07, 6.45) is 0.684. The van der Waals surface area contributed by atoms with Gasteiger partial charge in [-0.25, -0.2) is 4.79 Å². The molecule has 1 fully saturated rings. The average Bonchev–Trinajstić information content (AvgIpc) is 2.28. The Bertz CT molecular complexity index is 247. The van der Waals surface area contributed by atoms with Crippen molar-refractivity contribution in [2.24, 2.45) is 0 Å². The molecule has 5 heteroatoms. The smallest absolute Gasteiger partial charge is 0.302 e. The Kier molecular flexibility index (Phi) is 2.28. The van der Waals surface area contributed by atoms with Gasteiger partial charge in [-0.3, -0.25) is 10.1 Å². The second kappa shape index (κ2) is 3.04. The second-order valence-electron chi connectivity index (χ2n) is 2.04. The molecule has 0 aromatic carbocycles. The molecule has 2 N–H and O–H groups in total. The number of hydrogen-bond donors (Lipinski definition) is 2. The van der Waals surface area contributed by atoms with Gasteiger partial charge >= 0.3 is 6.03 Å². The molecule has 0 atom stereocenters. The number of carbonyl (C=O) groups excluding carboxylic acids is 2. The Morgan fingerprint density at radius 2 is 2.09 bits per heavy atom. The summed E-state index contributed by atoms with van der Waals surface area (Å²) in [6, 6.07) is -0.463. The molecule has 3 amide bonds. The molecular formula is C6H7BrN2O2. The molecule has 0 saturated carbocycles. The van der Waals surface area contributed by atoms with Crippen LogP contribution < -0.4 is 10.6 Å². The molecule has 0 aliphatic carbocycles. The summed E-state index contributed by atoms with van der Waals surface area (Å²) >= 11 is 3.18. The Balaban J connectivity index is 2.90. The van der Waals surface area contributed by atoms with E-state index in [0.717, 1.165) is 0 Å². The van der Waals surface area contributed by atoms with Crippen molar-refractivity contribution in [2.75, 3.05) is 0 Å². The number of hydrogen-bond acceptors (Lipinski definition) is 2. The first-order valence-electron chi connectivity index (χ1n) is 3.16. The zero-order valence-corrected chi connectivity index (χ0v) is 7.49. The van der Waals surface area contributed by atoms with Crippen molar-refractivity contribution >= 4 is 27.9 Å². The van der Waals surface area contributed by atoms with Crippen LogP contribution in [-0.2, 0) is 4.79 Å². The molecule has 1 rings (SSSR count). The molecule has 1 aliphatic rings. The highest BCUT2D eigenvalue weighted by atomic mass is 79.9. The van der Waals surface area contributed by atoms with Gasteiger partial charge in [-0.2, -0.15) is 0 Å². The van der Waals surface area contributed by atoms with Crippen molar-refractivity contribution in [3.05, 3.63) is 10.2 Å². The van der Waals surface area contributed by atoms with Gasteiger partial charge in [0, 0.05) is 4.48 Å². The van der Waals surface area contributed by atoms with Crippen molar-refractivity contribution in [3.63, 3.8) is 0 Å². The van der Waals surface area contributed by atoms with Crippen molar-refractivity contribution in [2.45, 2.75) is 13.3 Å². The van der Waals surface area contributed by atoms with Gasteiger partial charge in [0.25, 0.3) is 5.91 Å². The van der Waals surface area contributed by atoms with Crippen molar-refractivity contribution in [1.82, 2.24) is 10.6 Å². The number of imide groups is 1. The summed E-state index contributed by atoms with van der Waals surface area (Å²) in [5.74, 6) is -0.372. The number of halogens is 1. The Morgan fingerprint density at radius 1 is 1.45 bits per heavy atom. The highest BCUT2D eigenvalue weighted by molar-refractivity contribution is 9.11. The van der Waals surface area contributed by atoms with Crippen LogP contribution in [0.1, 0.15) is 13.3 Å². The minimum absolute atomic E-state index is 0.317. The minimum atomic E-state index is -0.463. The number of allylic oxidation sites excluding steroid dienone is 1. The van der Waals surface area contributed by atoms with Gasteiger partial charge in [0.05, 0.1) is 0 Å². The monoisotopic (exact) mass is 218 g/mol. The van der Waals surface area contributed by atoms with Crippen LogP contribution in [0.2, 0.25) is 0 Å². The van der Waals surface area contributed by atoms with Gasteiger partial charge in [0.2, 0.25) is 0 Å². The van der Waals surface area contributed by atoms with E-state index in [0.29, 0.717) is 16.6 Å². The van der Waals surface area contributed by atoms with Crippen molar-refractivity contribution in [1.29, 1.82) is 0 Å². The second-order valence-corrected chi connectivity index (χ2v) is 3.00. The van der Waals surface area contributed by atoms with E-state index in [-0.39, 0.29) is 5.91 Å². The number of urea groups is 1. The standard InChI is InChI=1S/C6H7BrN2O2/c1-2-3(7)4-5(10)9-6(11)8-4/h2H2,1H3,(H2,8,9,10,11)/b4-3+. The molecule has 0 bridgehead atoms. The molecule has 1 aliphatic heterocycles. The molecule has 0 radical (unpaired) electrons. The summed E-state index contributed by atoms with van der Waals surface area (Å²) in [7, 11) is 0. The van der Waals surface area contributed by atoms with Gasteiger partial charge in [-0.1, -0.05) is 22.9 Å². The SMILES string of the molecule is CC/C(Br)=C1\NC(=O)NC1=O. The molecule has 1 heterocycles. The van der Waals surface area contributed by atoms with E-state index in [9.17, 15) is 9.59 Å². The number of amides is 3. The zero-order valence-electron chi connectivity index (χ0n) is 5.90. The lowest BCUT2D eigenvalue weighted by Gasteiger charge is -1.95. The summed E-state index contributed by atoms with van der Waals surface area (Å²) in [4.78, 5) is 21.5. The zero-order chi connectivity index (χ0) is 8.43. The summed E-state index contributed by atoms with van der Waals surface area (Å²) in [6.45, 7) is 1.88. The first-order chi connectivity index (χ1) is 5.15. The fourth-order valence-electron chi connectivity index (χ4n) is 0.735. The average molecular weight is 219 g/mol. The number of rotatable bonds is 1. The van der Waals surface area contributed by atoms with Crippen molar-refractivity contribution < 1.29 is 9.59 Å². The van der Waals surface area contributed by atoms with Crippen LogP contribution in [0.4, 0.5) is 4.79 Å². The van der Waals surface area contributed by atoms with E-state index >= 15 is 0 Å². The van der Waals surface area contributed by atoms with E-state index in [2.05, 4.69) is 26.6 Å². The van der Waals surface area contributed by atoms with E-state index in [1.165, 1.54) is 0 Å². The van der Waals surface area contributed by atoms with Crippen LogP contribution in [-0.4, -0.2) is 11.9 Å². The third-order valence-electron chi connectivity index (χ3n) is 1.27. The minimum Gasteiger partial charge on any atom is -0.302 e. The third kappa shape index (κ3) is 1.59. The fraction of sp³-hybridized carbons (Fsp3) is 0.333. The maximum Gasteiger partial charge on any atom is 0.326 e. The Labute approximate surface area is 72.2 Å². The van der Waals surface area contributed by atoms with E-state index in [4.69, 9.17) is 0 Å². The predicted octanol–water partition coefficient (Wildman–Crippen LogP) is 0.842. The largest absolute Gasteiger partial charge is 0.326 e. The van der Waals surface area contributed by atoms with Crippen LogP contribution in [0.5, 0.6) is 0 Å². The van der Waals surface area contributed by atoms with Gasteiger partial charge in [-0.05, 0) is 6.42 Å². The summed E-state index contributed by atoms with van der Waals surface area (Å²) in [5.41, 5.74) is 0.317. The molecule has 4 nitrogen and oxygen atoms in total. The van der Waals surface area contributed by atoms with E-state index in [1.807, 2.05) is 6.92 Å². The molecule has 0 aromatic heterocycles. The van der Waals surface area contributed by atoms with E-state index < -0.39 is 6.03 Å². The summed E-state index contributed by atoms with van der Waals surface area (Å²) in [5, 5.41) is 4.49. The normalized spacial score (nSPS) is 21.3. The third-order valence-corrected chi connectivity index (χ3v) is 2.23. The quantitative estimate of drug-likeness (QED) is 0.507. The predicted molar refractivity (Wildman–Crippen MR) is 42.9 cm³/mol. The van der Waals surface area contributed by atoms with Crippen LogP contribution in [0.3, 0.4) is 0 Å². The molecule has 0 spiro atoms. The molecule has 0 unspecified atom stereocenters. The summed E-state index contributed by atoms with van der Waals surface area (Å²) < 4.78 is 0.709. The highest BCUT2D eigenvalue weighted by Gasteiger charge is 2.24. The van der Waals surface area contributed by atoms with Gasteiger partial charge < -0.3 is 5.32 Å². The lowest BCUT2D eigenvalue weighted by Crippen LogP contribution is -2.22. The first kappa shape index (κ1) is 8.26. The van der Waals surface area contributed by atoms with Crippen LogP contribution in [0.25, 0.3) is 0 Å². The molecule has 60 valence electrons. The van der Waals surface area contributed by atoms with Crippen molar-refractivity contribution in [3.8, 4) is 0 Å². The Morgan fingerprint density at radius 3 is 2.45 bits per heavy atom. The first-order valence-corrected chi connectivity index (χ1v) is 3.95. The molecule has 0 aromatic rings. The molecule has 1 saturated heterocycles. The lowest BCUT2D eigenvalue weighted by molar-refractivity contribution is -0.115. The van der Waals surface area contributed by atoms with Gasteiger partial charge in [0.1, 0.15) is 5.70 Å². The van der Waals surface area contributed by atoms with Gasteiger partial charge in [0.15, 0.2) is 0 Å². The number of carbonyl (C=O) groups is 2. The van der Waals surface area contributed by atoms with E-state index in [1.54, 1.807) is 0 Å². The fourth-order valence-corrected chi connectivity index (χ4v) is 1.01. The van der Waals surface area contributed by atoms with Crippen LogP contribution in [0.15, 0.2) is 10.2 Å². The highest BCUT2D eigenvalue weighted by Crippen LogP contribution is 2.15. The van der Waals surface area contributed by atoms with Crippen LogP contribution in [0, 0.1) is 0 Å². The molecule has 11 heavy (non-hydrogen) atoms. The topological polar surface area (TPSA) is 58.2 Å². The van der Waals surface area contributed by atoms with Crippen LogP contribution >= 0.6 is 15.9 Å². The number of nitrogens with one attached hydrogen (secondary N) is 2. The maximum atomic E-state index is 10.9. The molecular weight excluding hydrogens is 212 g/mol. The maximum absolute atomic E-state index is 10.9. The lowest BCUT2D eigenvalue weighted by atomic mass is 10.3. The Hall–Kier alpha value is -0.840. The van der Waals surface area contributed by atoms with Gasteiger partial charge in [-0.15, -0.1) is 0 Å².